The topological polar surface area (TPSA) is 486 Å². The van der Waals surface area contributed by atoms with Crippen molar-refractivity contribution >= 4 is 77.2 Å². The molecule has 0 aromatic carbocycles. The minimum absolute atomic E-state index is 0. The van der Waals surface area contributed by atoms with Gasteiger partial charge in [-0.15, -0.1) is 5.06 Å². The van der Waals surface area contributed by atoms with Crippen LogP contribution in [-0.2, 0) is 119 Å². The zero-order valence-electron chi connectivity index (χ0n) is 48.4. The fourth-order valence-electron chi connectivity index (χ4n) is 5.98. The molecule has 0 bridgehead atoms. The number of nitrogens with zero attached hydrogens (tertiary/aromatic N) is 1. The van der Waals surface area contributed by atoms with Crippen molar-refractivity contribution in [2.45, 2.75) is 103 Å². The average molecular weight is 1240 g/mol. The summed E-state index contributed by atoms with van der Waals surface area (Å²) in [5, 5.41) is 51.7. The first-order chi connectivity index (χ1) is 40.1. The smallest absolute Gasteiger partial charge is 0.662 e. The van der Waals surface area contributed by atoms with Gasteiger partial charge in [-0.3, -0.25) is 57.5 Å². The SMILES string of the molecule is CCOCCOCC(=O)ON1C(=O)CCC1=O.NCCC(=O)O.O=C(O)CCCC(=O)COCCOCC(COCCOCC(=O)CCCC(=O)O)(COCCOCC(=O)CCCC(=O)O)COCCOCC(=O)CCCC(=O)O.O=CO[O-].[Na+]. The van der Waals surface area contributed by atoms with Crippen LogP contribution < -0.4 is 40.5 Å². The third-order valence-corrected chi connectivity index (χ3v) is 9.95. The number of nitrogens with two attached hydrogens (primary N) is 1. The first-order valence-corrected chi connectivity index (χ1v) is 26.5. The van der Waals surface area contributed by atoms with Gasteiger partial charge in [0, 0.05) is 77.4 Å². The predicted molar refractivity (Wildman–Crippen MR) is 278 cm³/mol. The molecule has 0 atom stereocenters. The van der Waals surface area contributed by atoms with E-state index in [4.69, 9.17) is 88.7 Å². The molecule has 33 nitrogen and oxygen atoms in total. The molecule has 7 N–H and O–H groups in total. The molecule has 1 aliphatic heterocycles. The normalized spacial score (nSPS) is 11.5. The molecule has 0 saturated carbocycles. The Morgan fingerprint density at radius 3 is 0.953 bits per heavy atom. The van der Waals surface area contributed by atoms with Crippen LogP contribution in [0.1, 0.15) is 103 Å². The van der Waals surface area contributed by atoms with Crippen LogP contribution in [0.25, 0.3) is 0 Å². The first-order valence-electron chi connectivity index (χ1n) is 26.5. The Hall–Kier alpha value is -5.37. The van der Waals surface area contributed by atoms with Gasteiger partial charge in [-0.25, -0.2) is 4.79 Å². The Bertz CT molecular complexity index is 1710. The molecule has 1 aliphatic rings. The Kier molecular flexibility index (Phi) is 61.1. The van der Waals surface area contributed by atoms with E-state index in [2.05, 4.69) is 9.73 Å². The van der Waals surface area contributed by atoms with Crippen molar-refractivity contribution in [3.8, 4) is 0 Å². The van der Waals surface area contributed by atoms with Crippen LogP contribution in [0.2, 0.25) is 0 Å². The Morgan fingerprint density at radius 2 is 0.718 bits per heavy atom. The molecule has 2 amide bonds. The van der Waals surface area contributed by atoms with Crippen molar-refractivity contribution in [2.75, 3.05) is 139 Å². The molecule has 85 heavy (non-hydrogen) atoms. The van der Waals surface area contributed by atoms with Gasteiger partial charge in [0.05, 0.1) is 104 Å². The maximum absolute atomic E-state index is 12.0. The number of amides is 2. The van der Waals surface area contributed by atoms with E-state index in [-0.39, 0.29) is 281 Å². The minimum Gasteiger partial charge on any atom is -0.662 e. The van der Waals surface area contributed by atoms with Crippen LogP contribution >= 0.6 is 0 Å². The number of ether oxygens (including phenoxy) is 10. The number of hydroxylamine groups is 2. The predicted octanol–water partition coefficient (Wildman–Crippen LogP) is -4.09. The zero-order valence-corrected chi connectivity index (χ0v) is 50.4. The molecule has 1 heterocycles. The number of carboxylic acids is 5. The van der Waals surface area contributed by atoms with Crippen LogP contribution in [-0.4, -0.2) is 247 Å². The summed E-state index contributed by atoms with van der Waals surface area (Å²) in [4.78, 5) is 149. The van der Waals surface area contributed by atoms with Crippen LogP contribution in [0.3, 0.4) is 0 Å². The third kappa shape index (κ3) is 61.5. The molecule has 0 aromatic rings. The van der Waals surface area contributed by atoms with E-state index >= 15 is 0 Å². The van der Waals surface area contributed by atoms with Crippen LogP contribution in [0.5, 0.6) is 0 Å². The molecular formula is C51H83N2NaO31. The molecule has 34 heteroatoms. The average Bonchev–Trinajstić information content (AvgIpc) is 4.06. The second kappa shape index (κ2) is 60.3. The Balaban J connectivity index is -0.000000952. The van der Waals surface area contributed by atoms with Gasteiger partial charge < -0.3 is 93.6 Å². The number of aliphatic carboxylic acids is 5. The number of carboxylic acid groups (broad SMARTS) is 5. The molecule has 0 aliphatic carbocycles. The molecule has 1 rings (SSSR count). The van der Waals surface area contributed by atoms with Gasteiger partial charge >= 0.3 is 65.4 Å². The van der Waals surface area contributed by atoms with E-state index in [1.165, 1.54) is 0 Å². The number of rotatable bonds is 54. The number of Topliss-reactive ketones (excluding diaryl/α,β-unsaturated/α-hetero) is 4. The molecule has 0 spiro atoms. The number of hydrogen-bond acceptors (Lipinski definition) is 27. The van der Waals surface area contributed by atoms with Crippen molar-refractivity contribution in [3.05, 3.63) is 0 Å². The van der Waals surface area contributed by atoms with E-state index in [1.807, 2.05) is 6.92 Å². The van der Waals surface area contributed by atoms with Gasteiger partial charge in [-0.1, -0.05) is 0 Å². The molecule has 0 unspecified atom stereocenters. The van der Waals surface area contributed by atoms with Crippen molar-refractivity contribution in [2.24, 2.45) is 11.1 Å². The number of carbonyl (C=O) groups is 13. The number of imide groups is 1. The summed E-state index contributed by atoms with van der Waals surface area (Å²) in [6, 6.07) is 0. The van der Waals surface area contributed by atoms with Crippen molar-refractivity contribution in [1.29, 1.82) is 0 Å². The van der Waals surface area contributed by atoms with Crippen molar-refractivity contribution < 1.29 is 180 Å². The quantitative estimate of drug-likeness (QED) is 0.00842. The Morgan fingerprint density at radius 1 is 0.459 bits per heavy atom. The fraction of sp³-hybridized carbons (Fsp3) is 0.745. The minimum atomic E-state index is -0.995. The maximum Gasteiger partial charge on any atom is 1.00 e. The van der Waals surface area contributed by atoms with E-state index in [0.29, 0.717) is 18.3 Å². The summed E-state index contributed by atoms with van der Waals surface area (Å²) in [6.07, 6.45) is 0.797. The first kappa shape index (κ1) is 86.1. The molecule has 0 radical (unpaired) electrons. The standard InChI is InChI=1S/C37H60O20.C10H15NO6.C3H7NO2.CH2O3.Na/c38-29(5-1-9-33(42)43)21-50-13-17-54-25-37(26-55-18-14-51-22-30(39)6-2-10-34(44)45,27-56-19-15-52-23-31(40)7-3-11-35(46)47)28-57-20-16-53-24-32(41)8-4-12-36(48)49;1-2-15-5-6-16-7-10(14)17-11-8(12)3-4-9(11)13;4-2-1-3(5)6;2-1-4-3;/h1-28H2,(H,42,43)(H,44,45)(H,46,47)(H,48,49);2-7H2,1H3;1-2,4H2,(H,5,6);1,3H;/q;;;;+1/p-1. The second-order valence-corrected chi connectivity index (χ2v) is 17.5. The van der Waals surface area contributed by atoms with Crippen molar-refractivity contribution in [1.82, 2.24) is 5.06 Å². The maximum atomic E-state index is 12.0. The summed E-state index contributed by atoms with van der Waals surface area (Å²) >= 11 is 0. The molecule has 0 aromatic heterocycles. The zero-order chi connectivity index (χ0) is 63.7. The summed E-state index contributed by atoms with van der Waals surface area (Å²) in [6.45, 7) is 2.31. The molecule has 1 saturated heterocycles. The summed E-state index contributed by atoms with van der Waals surface area (Å²) < 4.78 is 54.9. The van der Waals surface area contributed by atoms with Crippen LogP contribution in [0.15, 0.2) is 0 Å². The second-order valence-electron chi connectivity index (χ2n) is 17.5. The monoisotopic (exact) mass is 1240 g/mol. The molecular weight excluding hydrogens is 1160 g/mol. The fourth-order valence-corrected chi connectivity index (χ4v) is 5.98. The van der Waals surface area contributed by atoms with E-state index in [1.54, 1.807) is 0 Å². The van der Waals surface area contributed by atoms with Crippen LogP contribution in [0, 0.1) is 5.41 Å². The largest absolute Gasteiger partial charge is 1.00 e. The number of carbonyl (C=O) groups excluding carboxylic acids is 8. The third-order valence-electron chi connectivity index (χ3n) is 9.95. The Labute approximate surface area is 513 Å². The number of ketones is 4. The van der Waals surface area contributed by atoms with Crippen LogP contribution in [0.4, 0.5) is 0 Å². The molecule has 484 valence electrons. The summed E-state index contributed by atoms with van der Waals surface area (Å²) in [7, 11) is 0. The molecule has 1 fully saturated rings. The van der Waals surface area contributed by atoms with Gasteiger partial charge in [-0.2, -0.15) is 0 Å². The summed E-state index contributed by atoms with van der Waals surface area (Å²) in [5.41, 5.74) is 3.88. The van der Waals surface area contributed by atoms with E-state index in [0.717, 1.165) is 0 Å². The van der Waals surface area contributed by atoms with Gasteiger partial charge in [-0.05, 0) is 32.6 Å². The summed E-state index contributed by atoms with van der Waals surface area (Å²) in [5.74, 6) is -7.60. The van der Waals surface area contributed by atoms with E-state index in [9.17, 15) is 57.5 Å². The van der Waals surface area contributed by atoms with Gasteiger partial charge in [0.2, 0.25) is 0 Å². The van der Waals surface area contributed by atoms with Gasteiger partial charge in [0.25, 0.3) is 18.3 Å². The van der Waals surface area contributed by atoms with Gasteiger partial charge in [0.15, 0.2) is 23.1 Å². The van der Waals surface area contributed by atoms with Crippen molar-refractivity contribution in [3.63, 3.8) is 0 Å². The number of hydrogen-bond donors (Lipinski definition) is 6. The van der Waals surface area contributed by atoms with Gasteiger partial charge in [0.1, 0.15) is 33.0 Å². The van der Waals surface area contributed by atoms with E-state index < -0.39 is 53.0 Å².